The minimum atomic E-state index is -4.55. The number of amides is 2. The van der Waals surface area contributed by atoms with Gasteiger partial charge >= 0.3 is 12.3 Å². The molecule has 4 aromatic rings. The molecule has 1 heterocycles. The van der Waals surface area contributed by atoms with Crippen molar-refractivity contribution in [1.82, 2.24) is 4.98 Å². The molecule has 0 aliphatic rings. The van der Waals surface area contributed by atoms with Gasteiger partial charge in [-0.05, 0) is 69.7 Å². The van der Waals surface area contributed by atoms with Crippen molar-refractivity contribution in [3.05, 3.63) is 89.5 Å². The van der Waals surface area contributed by atoms with Crippen LogP contribution in [0.1, 0.15) is 42.3 Å². The van der Waals surface area contributed by atoms with E-state index in [1.54, 1.807) is 69.3 Å². The number of alkyl halides is 3. The Bertz CT molecular complexity index is 1510. The standard InChI is InChI=1S/C29H26F3N3O3/c1-17-9-12-21(16-23(17)29(30,31)32)33-26(36)22-15-19-7-5-6-8-24(19)35-25(22)18-10-13-20(14-11-18)34-27(37)38-28(2,3)4/h5-16H,1-4H3,(H,33,36)(H,34,37). The number of carbonyl (C=O) groups is 2. The van der Waals surface area contributed by atoms with E-state index in [1.165, 1.54) is 19.1 Å². The predicted octanol–water partition coefficient (Wildman–Crippen LogP) is 7.83. The van der Waals surface area contributed by atoms with Gasteiger partial charge in [0.05, 0.1) is 22.3 Å². The van der Waals surface area contributed by atoms with E-state index in [0.29, 0.717) is 27.8 Å². The van der Waals surface area contributed by atoms with Gasteiger partial charge in [-0.25, -0.2) is 9.78 Å². The van der Waals surface area contributed by atoms with Crippen molar-refractivity contribution < 1.29 is 27.5 Å². The molecule has 0 saturated heterocycles. The minimum absolute atomic E-state index is 0.0175. The summed E-state index contributed by atoms with van der Waals surface area (Å²) in [5.74, 6) is -0.605. The molecular formula is C29H26F3N3O3. The molecule has 0 aliphatic heterocycles. The van der Waals surface area contributed by atoms with E-state index < -0.39 is 29.3 Å². The molecule has 0 spiro atoms. The van der Waals surface area contributed by atoms with Gasteiger partial charge < -0.3 is 10.1 Å². The Balaban J connectivity index is 1.68. The van der Waals surface area contributed by atoms with Crippen molar-refractivity contribution in [2.24, 2.45) is 0 Å². The Kier molecular flexibility index (Phi) is 7.13. The average molecular weight is 522 g/mol. The molecule has 6 nitrogen and oxygen atoms in total. The number of rotatable bonds is 4. The number of aryl methyl sites for hydroxylation is 1. The third-order valence-corrected chi connectivity index (χ3v) is 5.57. The third kappa shape index (κ3) is 6.29. The van der Waals surface area contributed by atoms with Crippen molar-refractivity contribution in [1.29, 1.82) is 0 Å². The number of halogens is 3. The zero-order valence-electron chi connectivity index (χ0n) is 21.2. The van der Waals surface area contributed by atoms with Gasteiger partial charge in [0.15, 0.2) is 0 Å². The first-order chi connectivity index (χ1) is 17.8. The number of nitrogens with zero attached hydrogens (tertiary/aromatic N) is 1. The topological polar surface area (TPSA) is 80.3 Å². The van der Waals surface area contributed by atoms with E-state index in [9.17, 15) is 22.8 Å². The number of pyridine rings is 1. The van der Waals surface area contributed by atoms with Crippen LogP contribution in [0.25, 0.3) is 22.2 Å². The van der Waals surface area contributed by atoms with E-state index in [2.05, 4.69) is 15.6 Å². The first-order valence-electron chi connectivity index (χ1n) is 11.8. The molecule has 9 heteroatoms. The molecule has 0 unspecified atom stereocenters. The number of para-hydroxylation sites is 1. The van der Waals surface area contributed by atoms with Crippen molar-refractivity contribution in [2.45, 2.75) is 39.5 Å². The lowest BCUT2D eigenvalue weighted by Crippen LogP contribution is -2.27. The van der Waals surface area contributed by atoms with E-state index in [0.717, 1.165) is 6.07 Å². The van der Waals surface area contributed by atoms with Gasteiger partial charge in [-0.3, -0.25) is 10.1 Å². The molecular weight excluding hydrogens is 495 g/mol. The second-order valence-electron chi connectivity index (χ2n) is 9.76. The van der Waals surface area contributed by atoms with E-state index in [-0.39, 0.29) is 16.8 Å². The molecule has 3 aromatic carbocycles. The Labute approximate surface area is 217 Å². The molecule has 0 bridgehead atoms. The largest absolute Gasteiger partial charge is 0.444 e. The smallest absolute Gasteiger partial charge is 0.416 e. The molecule has 0 aliphatic carbocycles. The summed E-state index contributed by atoms with van der Waals surface area (Å²) < 4.78 is 45.4. The van der Waals surface area contributed by atoms with Crippen LogP contribution in [-0.2, 0) is 10.9 Å². The van der Waals surface area contributed by atoms with Crippen LogP contribution >= 0.6 is 0 Å². The maximum absolute atomic E-state index is 13.4. The maximum atomic E-state index is 13.4. The van der Waals surface area contributed by atoms with Crippen LogP contribution in [0, 0.1) is 6.92 Å². The number of fused-ring (bicyclic) bond motifs is 1. The number of hydrogen-bond acceptors (Lipinski definition) is 4. The molecule has 0 radical (unpaired) electrons. The first kappa shape index (κ1) is 26.7. The highest BCUT2D eigenvalue weighted by Crippen LogP contribution is 2.34. The highest BCUT2D eigenvalue weighted by atomic mass is 19.4. The number of nitrogens with one attached hydrogen (secondary N) is 2. The molecule has 4 rings (SSSR count). The number of benzene rings is 3. The van der Waals surface area contributed by atoms with Crippen molar-refractivity contribution >= 4 is 34.3 Å². The molecule has 2 N–H and O–H groups in total. The van der Waals surface area contributed by atoms with Crippen LogP contribution in [0.2, 0.25) is 0 Å². The molecule has 1 aromatic heterocycles. The van der Waals surface area contributed by atoms with Gasteiger partial charge in [0.1, 0.15) is 5.60 Å². The summed E-state index contributed by atoms with van der Waals surface area (Å²) in [6.07, 6.45) is -5.15. The summed E-state index contributed by atoms with van der Waals surface area (Å²) in [4.78, 5) is 30.1. The normalized spacial score (nSPS) is 11.8. The lowest BCUT2D eigenvalue weighted by Gasteiger charge is -2.19. The first-order valence-corrected chi connectivity index (χ1v) is 11.8. The van der Waals surface area contributed by atoms with Crippen LogP contribution in [0.5, 0.6) is 0 Å². The summed E-state index contributed by atoms with van der Waals surface area (Å²) in [5.41, 5.74) is 0.834. The number of ether oxygens (including phenoxy) is 1. The number of carbonyl (C=O) groups excluding carboxylic acids is 2. The summed E-state index contributed by atoms with van der Waals surface area (Å²) in [6.45, 7) is 6.64. The Morgan fingerprint density at radius 3 is 2.16 bits per heavy atom. The van der Waals surface area contributed by atoms with Crippen LogP contribution in [0.3, 0.4) is 0 Å². The molecule has 2 amide bonds. The summed E-state index contributed by atoms with van der Waals surface area (Å²) in [7, 11) is 0. The van der Waals surface area contributed by atoms with Gasteiger partial charge in [-0.15, -0.1) is 0 Å². The highest BCUT2D eigenvalue weighted by molar-refractivity contribution is 6.10. The van der Waals surface area contributed by atoms with Crippen LogP contribution in [-0.4, -0.2) is 22.6 Å². The van der Waals surface area contributed by atoms with Gasteiger partial charge in [0.25, 0.3) is 5.91 Å². The summed E-state index contributed by atoms with van der Waals surface area (Å²) in [6, 6.07) is 19.2. The lowest BCUT2D eigenvalue weighted by molar-refractivity contribution is -0.138. The number of anilines is 2. The second-order valence-corrected chi connectivity index (χ2v) is 9.76. The van der Waals surface area contributed by atoms with Gasteiger partial charge in [0.2, 0.25) is 0 Å². The molecule has 0 fully saturated rings. The Hall–Kier alpha value is -4.40. The Morgan fingerprint density at radius 2 is 1.50 bits per heavy atom. The fraction of sp³-hybridized carbons (Fsp3) is 0.207. The molecule has 38 heavy (non-hydrogen) atoms. The van der Waals surface area contributed by atoms with Gasteiger partial charge in [-0.1, -0.05) is 36.4 Å². The third-order valence-electron chi connectivity index (χ3n) is 5.57. The summed E-state index contributed by atoms with van der Waals surface area (Å²) >= 11 is 0. The van der Waals surface area contributed by atoms with E-state index >= 15 is 0 Å². The molecule has 0 saturated carbocycles. The second kappa shape index (κ2) is 10.2. The van der Waals surface area contributed by atoms with Gasteiger partial charge in [0, 0.05) is 22.3 Å². The summed E-state index contributed by atoms with van der Waals surface area (Å²) in [5, 5.41) is 5.92. The van der Waals surface area contributed by atoms with Crippen LogP contribution < -0.4 is 10.6 Å². The fourth-order valence-corrected chi connectivity index (χ4v) is 3.85. The van der Waals surface area contributed by atoms with E-state index in [1.807, 2.05) is 6.07 Å². The quantitative estimate of drug-likeness (QED) is 0.287. The Morgan fingerprint density at radius 1 is 0.842 bits per heavy atom. The van der Waals surface area contributed by atoms with Crippen molar-refractivity contribution in [2.75, 3.05) is 10.6 Å². The molecule has 0 atom stereocenters. The number of hydrogen-bond donors (Lipinski definition) is 2. The van der Waals surface area contributed by atoms with Gasteiger partial charge in [-0.2, -0.15) is 13.2 Å². The zero-order valence-corrected chi connectivity index (χ0v) is 21.2. The van der Waals surface area contributed by atoms with Crippen LogP contribution in [0.15, 0.2) is 72.8 Å². The van der Waals surface area contributed by atoms with Crippen molar-refractivity contribution in [3.63, 3.8) is 0 Å². The maximum Gasteiger partial charge on any atom is 0.416 e. The lowest BCUT2D eigenvalue weighted by atomic mass is 10.0. The monoisotopic (exact) mass is 521 g/mol. The zero-order chi connectivity index (χ0) is 27.7. The highest BCUT2D eigenvalue weighted by Gasteiger charge is 2.32. The van der Waals surface area contributed by atoms with Crippen LogP contribution in [0.4, 0.5) is 29.3 Å². The average Bonchev–Trinajstić information content (AvgIpc) is 2.83. The number of aromatic nitrogens is 1. The predicted molar refractivity (Wildman–Crippen MR) is 141 cm³/mol. The fourth-order valence-electron chi connectivity index (χ4n) is 3.85. The SMILES string of the molecule is Cc1ccc(NC(=O)c2cc3ccccc3nc2-c2ccc(NC(=O)OC(C)(C)C)cc2)cc1C(F)(F)F. The minimum Gasteiger partial charge on any atom is -0.444 e. The van der Waals surface area contributed by atoms with E-state index in [4.69, 9.17) is 4.74 Å². The van der Waals surface area contributed by atoms with Crippen molar-refractivity contribution in [3.8, 4) is 11.3 Å². The molecule has 196 valence electrons.